The summed E-state index contributed by atoms with van der Waals surface area (Å²) in [7, 11) is 0. The topological polar surface area (TPSA) is 218 Å². The maximum absolute atomic E-state index is 13.3. The van der Waals surface area contributed by atoms with Crippen molar-refractivity contribution in [2.45, 2.75) is 29.6 Å². The second-order valence-electron chi connectivity index (χ2n) is 9.34. The minimum atomic E-state index is -1.28. The third-order valence-electron chi connectivity index (χ3n) is 6.57. The quantitative estimate of drug-likeness (QED) is 0.117. The van der Waals surface area contributed by atoms with Crippen LogP contribution in [0.25, 0.3) is 0 Å². The average Bonchev–Trinajstić information content (AvgIpc) is 2.94. The summed E-state index contributed by atoms with van der Waals surface area (Å²) in [5, 5.41) is 89.2. The van der Waals surface area contributed by atoms with Crippen LogP contribution in [0.3, 0.4) is 0 Å². The highest BCUT2D eigenvalue weighted by Gasteiger charge is 2.46. The lowest BCUT2D eigenvalue weighted by Gasteiger charge is -2.40. The largest absolute Gasteiger partial charge is 0.507 e. The van der Waals surface area contributed by atoms with Crippen LogP contribution in [0.5, 0.6) is 46.0 Å². The number of carbonyl (C=O) groups excluding carboxylic acids is 1. The van der Waals surface area contributed by atoms with Crippen LogP contribution in [0.2, 0.25) is 0 Å². The maximum atomic E-state index is 13.3. The molecule has 0 fully saturated rings. The Labute approximate surface area is 248 Å². The molecule has 0 spiro atoms. The SMILES string of the molecule is CC(SCCO)c1c(O)cc(O)c2c1OC(c1ccc(O)c(O)c1)C(OC(=O)c1cc(O)c(O)c(O)c1)C2SCCO. The summed E-state index contributed by atoms with van der Waals surface area (Å²) in [6.07, 6.45) is -2.49. The zero-order valence-electron chi connectivity index (χ0n) is 22.2. The van der Waals surface area contributed by atoms with E-state index in [1.54, 1.807) is 6.92 Å². The molecule has 1 heterocycles. The van der Waals surface area contributed by atoms with E-state index in [1.807, 2.05) is 0 Å². The van der Waals surface area contributed by atoms with E-state index in [-0.39, 0.29) is 52.9 Å². The molecule has 4 unspecified atom stereocenters. The van der Waals surface area contributed by atoms with Gasteiger partial charge in [-0.15, -0.1) is 11.8 Å². The van der Waals surface area contributed by atoms with Crippen LogP contribution in [0.15, 0.2) is 36.4 Å². The number of aromatic hydroxyl groups is 7. The van der Waals surface area contributed by atoms with E-state index in [0.29, 0.717) is 11.3 Å². The highest BCUT2D eigenvalue weighted by atomic mass is 32.2. The fourth-order valence-corrected chi connectivity index (χ4v) is 6.65. The van der Waals surface area contributed by atoms with Crippen molar-refractivity contribution < 1.29 is 60.2 Å². The minimum absolute atomic E-state index is 0.0747. The number of aliphatic hydroxyl groups is 2. The first kappa shape index (κ1) is 31.1. The van der Waals surface area contributed by atoms with Gasteiger partial charge < -0.3 is 55.4 Å². The molecule has 4 atom stereocenters. The Morgan fingerprint density at radius 3 is 2.14 bits per heavy atom. The zero-order valence-corrected chi connectivity index (χ0v) is 23.8. The van der Waals surface area contributed by atoms with Gasteiger partial charge in [0, 0.05) is 33.9 Å². The molecule has 0 aliphatic carbocycles. The maximum Gasteiger partial charge on any atom is 0.338 e. The molecule has 4 rings (SSSR count). The zero-order chi connectivity index (χ0) is 30.7. The van der Waals surface area contributed by atoms with Gasteiger partial charge in [-0.2, -0.15) is 11.8 Å². The Balaban J connectivity index is 1.91. The van der Waals surface area contributed by atoms with Crippen LogP contribution in [0.4, 0.5) is 0 Å². The normalized spacial score (nSPS) is 18.6. The number of benzene rings is 3. The molecule has 0 saturated carbocycles. The average molecular weight is 623 g/mol. The van der Waals surface area contributed by atoms with Crippen LogP contribution in [-0.4, -0.2) is 82.8 Å². The first-order valence-electron chi connectivity index (χ1n) is 12.7. The lowest BCUT2D eigenvalue weighted by molar-refractivity contribution is -0.0207. The first-order chi connectivity index (χ1) is 20.0. The Kier molecular flexibility index (Phi) is 9.61. The number of phenolic OH excluding ortho intramolecular Hbond substituents is 7. The predicted octanol–water partition coefficient (Wildman–Crippen LogP) is 3.54. The van der Waals surface area contributed by atoms with Crippen molar-refractivity contribution in [2.24, 2.45) is 0 Å². The molecule has 0 amide bonds. The lowest BCUT2D eigenvalue weighted by atomic mass is 9.90. The van der Waals surface area contributed by atoms with Gasteiger partial charge in [-0.25, -0.2) is 4.79 Å². The molecule has 1 aliphatic rings. The molecule has 14 heteroatoms. The van der Waals surface area contributed by atoms with Gasteiger partial charge in [-0.1, -0.05) is 6.07 Å². The summed E-state index contributed by atoms with van der Waals surface area (Å²) in [5.74, 6) is -4.48. The second kappa shape index (κ2) is 13.0. The number of rotatable bonds is 10. The van der Waals surface area contributed by atoms with Crippen molar-refractivity contribution in [2.75, 3.05) is 24.7 Å². The minimum Gasteiger partial charge on any atom is -0.507 e. The van der Waals surface area contributed by atoms with Crippen molar-refractivity contribution in [3.63, 3.8) is 0 Å². The molecule has 12 nitrogen and oxygen atoms in total. The number of ether oxygens (including phenoxy) is 2. The van der Waals surface area contributed by atoms with E-state index in [1.165, 1.54) is 30.0 Å². The second-order valence-corrected chi connectivity index (χ2v) is 12.0. The van der Waals surface area contributed by atoms with Crippen LogP contribution in [-0.2, 0) is 4.74 Å². The van der Waals surface area contributed by atoms with Gasteiger partial charge in [-0.3, -0.25) is 0 Å². The summed E-state index contributed by atoms with van der Waals surface area (Å²) in [6, 6.07) is 6.73. The molecule has 3 aromatic rings. The molecule has 3 aromatic carbocycles. The van der Waals surface area contributed by atoms with Gasteiger partial charge in [0.1, 0.15) is 17.2 Å². The summed E-state index contributed by atoms with van der Waals surface area (Å²) in [4.78, 5) is 13.3. The number of thioether (sulfide) groups is 2. The molecule has 1 aliphatic heterocycles. The number of aliphatic hydroxyl groups excluding tert-OH is 2. The van der Waals surface area contributed by atoms with Gasteiger partial charge in [0.15, 0.2) is 41.0 Å². The van der Waals surface area contributed by atoms with Gasteiger partial charge in [0.25, 0.3) is 0 Å². The van der Waals surface area contributed by atoms with E-state index in [9.17, 15) is 50.8 Å². The van der Waals surface area contributed by atoms with E-state index in [4.69, 9.17) is 9.47 Å². The molecule has 0 bridgehead atoms. The molecule has 9 N–H and O–H groups in total. The van der Waals surface area contributed by atoms with Gasteiger partial charge in [0.05, 0.1) is 29.6 Å². The molecular formula is C28H30O12S2. The summed E-state index contributed by atoms with van der Waals surface area (Å²) >= 11 is 2.42. The fraction of sp³-hybridized carbons (Fsp3) is 0.321. The Hall–Kier alpha value is -3.85. The third-order valence-corrected chi connectivity index (χ3v) is 9.01. The smallest absolute Gasteiger partial charge is 0.338 e. The number of carbonyl (C=O) groups is 1. The van der Waals surface area contributed by atoms with E-state index >= 15 is 0 Å². The van der Waals surface area contributed by atoms with Gasteiger partial charge >= 0.3 is 5.97 Å². The molecular weight excluding hydrogens is 592 g/mol. The van der Waals surface area contributed by atoms with Crippen molar-refractivity contribution in [1.29, 1.82) is 0 Å². The Bertz CT molecular complexity index is 1440. The lowest BCUT2D eigenvalue weighted by Crippen LogP contribution is -2.38. The van der Waals surface area contributed by atoms with Crippen LogP contribution >= 0.6 is 23.5 Å². The standard InChI is InChI=1S/C28H30O12S2/c1-12(41-6-4-29)21-17(33)11-18(34)22-25(21)39-24(13-2-3-15(31)16(32)8-13)26(27(22)42-7-5-30)40-28(38)14-9-19(35)23(37)20(36)10-14/h2-3,8-12,24,26-27,29-37H,4-7H2,1H3. The van der Waals surface area contributed by atoms with Crippen molar-refractivity contribution >= 4 is 29.5 Å². The summed E-state index contributed by atoms with van der Waals surface area (Å²) < 4.78 is 12.2. The third kappa shape index (κ3) is 6.16. The molecule has 0 saturated heterocycles. The number of hydrogen-bond acceptors (Lipinski definition) is 14. The number of esters is 1. The van der Waals surface area contributed by atoms with Crippen LogP contribution in [0.1, 0.15) is 50.6 Å². The molecule has 42 heavy (non-hydrogen) atoms. The van der Waals surface area contributed by atoms with Crippen molar-refractivity contribution in [3.05, 3.63) is 58.7 Å². The Morgan fingerprint density at radius 2 is 1.52 bits per heavy atom. The summed E-state index contributed by atoms with van der Waals surface area (Å²) in [5.41, 5.74) is 0.369. The van der Waals surface area contributed by atoms with E-state index in [2.05, 4.69) is 0 Å². The highest BCUT2D eigenvalue weighted by Crippen LogP contribution is 2.57. The van der Waals surface area contributed by atoms with Crippen molar-refractivity contribution in [1.82, 2.24) is 0 Å². The predicted molar refractivity (Wildman–Crippen MR) is 154 cm³/mol. The molecule has 0 aromatic heterocycles. The fourth-order valence-electron chi connectivity index (χ4n) is 4.66. The van der Waals surface area contributed by atoms with Crippen molar-refractivity contribution in [3.8, 4) is 46.0 Å². The highest BCUT2D eigenvalue weighted by molar-refractivity contribution is 7.99. The van der Waals surface area contributed by atoms with Crippen LogP contribution in [0, 0.1) is 0 Å². The Morgan fingerprint density at radius 1 is 0.857 bits per heavy atom. The summed E-state index contributed by atoms with van der Waals surface area (Å²) in [6.45, 7) is 1.36. The number of phenols is 7. The molecule has 226 valence electrons. The van der Waals surface area contributed by atoms with Gasteiger partial charge in [0.2, 0.25) is 0 Å². The monoisotopic (exact) mass is 622 g/mol. The van der Waals surface area contributed by atoms with Crippen LogP contribution < -0.4 is 4.74 Å². The molecule has 0 radical (unpaired) electrons. The van der Waals surface area contributed by atoms with E-state index < -0.39 is 57.4 Å². The van der Waals surface area contributed by atoms with E-state index in [0.717, 1.165) is 30.0 Å². The number of fused-ring (bicyclic) bond motifs is 1. The van der Waals surface area contributed by atoms with Gasteiger partial charge in [-0.05, 0) is 31.2 Å². The number of hydrogen-bond donors (Lipinski definition) is 9. The first-order valence-corrected chi connectivity index (χ1v) is 14.8.